The molecule has 27 heavy (non-hydrogen) atoms. The minimum atomic E-state index is -4.61. The molecule has 0 bridgehead atoms. The van der Waals surface area contributed by atoms with E-state index in [0.29, 0.717) is 17.0 Å². The third-order valence-corrected chi connectivity index (χ3v) is 4.26. The van der Waals surface area contributed by atoms with Crippen LogP contribution in [0, 0.1) is 0 Å². The van der Waals surface area contributed by atoms with Gasteiger partial charge in [0, 0.05) is 21.8 Å². The highest BCUT2D eigenvalue weighted by molar-refractivity contribution is 6.35. The van der Waals surface area contributed by atoms with Crippen LogP contribution >= 0.6 is 23.2 Å². The highest BCUT2D eigenvalue weighted by Gasteiger charge is 2.33. The van der Waals surface area contributed by atoms with Crippen molar-refractivity contribution >= 4 is 23.2 Å². The first kappa shape index (κ1) is 19.5. The molecule has 1 N–H and O–H groups in total. The molecule has 0 saturated heterocycles. The summed E-state index contributed by atoms with van der Waals surface area (Å²) in [5.74, 6) is 0.0730. The summed E-state index contributed by atoms with van der Waals surface area (Å²) >= 11 is 11.9. The van der Waals surface area contributed by atoms with Gasteiger partial charge in [-0.3, -0.25) is 4.98 Å². The van der Waals surface area contributed by atoms with Crippen LogP contribution in [-0.4, -0.2) is 10.1 Å². The van der Waals surface area contributed by atoms with Crippen molar-refractivity contribution in [1.29, 1.82) is 0 Å². The van der Waals surface area contributed by atoms with Crippen molar-refractivity contribution in [2.45, 2.75) is 12.3 Å². The van der Waals surface area contributed by atoms with Crippen LogP contribution in [0.5, 0.6) is 11.5 Å². The molecule has 3 rings (SSSR count). The number of nitrogens with zero attached hydrogens (tertiary/aromatic N) is 1. The summed E-state index contributed by atoms with van der Waals surface area (Å²) in [5, 5.41) is 11.2. The Balaban J connectivity index is 2.07. The summed E-state index contributed by atoms with van der Waals surface area (Å²) in [7, 11) is 0. The maximum Gasteiger partial charge on any atom is 0.418 e. The molecule has 0 aliphatic heterocycles. The molecule has 0 radical (unpaired) electrons. The predicted molar refractivity (Wildman–Crippen MR) is 96.3 cm³/mol. The lowest BCUT2D eigenvalue weighted by atomic mass is 10.0. The third-order valence-electron chi connectivity index (χ3n) is 3.70. The summed E-state index contributed by atoms with van der Waals surface area (Å²) in [4.78, 5) is 3.79. The molecule has 0 amide bonds. The second kappa shape index (κ2) is 7.76. The summed E-state index contributed by atoms with van der Waals surface area (Å²) < 4.78 is 44.8. The van der Waals surface area contributed by atoms with E-state index in [1.54, 1.807) is 30.3 Å². The fourth-order valence-electron chi connectivity index (χ4n) is 2.38. The van der Waals surface area contributed by atoms with E-state index in [-0.39, 0.29) is 22.0 Å². The van der Waals surface area contributed by atoms with Crippen LogP contribution in [-0.2, 0) is 6.18 Å². The van der Waals surface area contributed by atoms with Gasteiger partial charge < -0.3 is 9.84 Å². The average molecular weight is 414 g/mol. The quantitative estimate of drug-likeness (QED) is 0.546. The van der Waals surface area contributed by atoms with Gasteiger partial charge in [-0.1, -0.05) is 47.5 Å². The fourth-order valence-corrected chi connectivity index (χ4v) is 2.90. The molecule has 0 spiro atoms. The van der Waals surface area contributed by atoms with Gasteiger partial charge in [0.05, 0.1) is 5.56 Å². The van der Waals surface area contributed by atoms with Crippen LogP contribution in [0.25, 0.3) is 0 Å². The molecule has 0 aliphatic carbocycles. The van der Waals surface area contributed by atoms with Crippen LogP contribution in [0.4, 0.5) is 13.2 Å². The van der Waals surface area contributed by atoms with Gasteiger partial charge in [-0.15, -0.1) is 0 Å². The van der Waals surface area contributed by atoms with Gasteiger partial charge >= 0.3 is 6.18 Å². The SMILES string of the molecule is OC(c1ccc(Cl)cc1Cl)c1ncc(C(F)(F)F)cc1Oc1ccccc1. The van der Waals surface area contributed by atoms with E-state index in [9.17, 15) is 18.3 Å². The summed E-state index contributed by atoms with van der Waals surface area (Å²) in [6.45, 7) is 0. The summed E-state index contributed by atoms with van der Waals surface area (Å²) in [6, 6.07) is 13.4. The van der Waals surface area contributed by atoms with Gasteiger partial charge in [0.2, 0.25) is 0 Å². The van der Waals surface area contributed by atoms with Gasteiger partial charge in [-0.25, -0.2) is 0 Å². The van der Waals surface area contributed by atoms with Gasteiger partial charge in [0.15, 0.2) is 5.75 Å². The van der Waals surface area contributed by atoms with Crippen LogP contribution < -0.4 is 4.74 Å². The van der Waals surface area contributed by atoms with Crippen molar-refractivity contribution in [3.8, 4) is 11.5 Å². The molecule has 3 aromatic rings. The molecule has 140 valence electrons. The normalized spacial score (nSPS) is 12.7. The lowest BCUT2D eigenvalue weighted by Crippen LogP contribution is -2.10. The van der Waals surface area contributed by atoms with Crippen molar-refractivity contribution in [3.05, 3.63) is 87.7 Å². The Hall–Kier alpha value is -2.28. The summed E-state index contributed by atoms with van der Waals surface area (Å²) in [5.41, 5.74) is -0.853. The number of benzene rings is 2. The number of halogens is 5. The van der Waals surface area contributed by atoms with Crippen molar-refractivity contribution < 1.29 is 23.0 Å². The monoisotopic (exact) mass is 413 g/mol. The first-order valence-corrected chi connectivity index (χ1v) is 8.44. The van der Waals surface area contributed by atoms with Crippen molar-refractivity contribution in [1.82, 2.24) is 4.98 Å². The number of aliphatic hydroxyl groups excluding tert-OH is 1. The Bertz CT molecular complexity index is 949. The van der Waals surface area contributed by atoms with Crippen molar-refractivity contribution in [3.63, 3.8) is 0 Å². The van der Waals surface area contributed by atoms with Crippen LogP contribution in [0.15, 0.2) is 60.8 Å². The molecule has 0 saturated carbocycles. The van der Waals surface area contributed by atoms with Gasteiger partial charge in [0.25, 0.3) is 0 Å². The van der Waals surface area contributed by atoms with E-state index in [4.69, 9.17) is 27.9 Å². The first-order valence-electron chi connectivity index (χ1n) is 7.69. The smallest absolute Gasteiger partial charge is 0.418 e. The Morgan fingerprint density at radius 2 is 1.70 bits per heavy atom. The maximum absolute atomic E-state index is 13.1. The van der Waals surface area contributed by atoms with Gasteiger partial charge in [-0.2, -0.15) is 13.2 Å². The zero-order chi connectivity index (χ0) is 19.6. The molecule has 0 fully saturated rings. The zero-order valence-corrected chi connectivity index (χ0v) is 15.1. The maximum atomic E-state index is 13.1. The predicted octanol–water partition coefficient (Wildman–Crippen LogP) is 6.28. The second-order valence-electron chi connectivity index (χ2n) is 5.59. The Morgan fingerprint density at radius 3 is 2.33 bits per heavy atom. The number of para-hydroxylation sites is 1. The van der Waals surface area contributed by atoms with Crippen molar-refractivity contribution in [2.24, 2.45) is 0 Å². The molecule has 0 aliphatic rings. The molecule has 1 atom stereocenters. The molecule has 2 aromatic carbocycles. The topological polar surface area (TPSA) is 42.4 Å². The number of ether oxygens (including phenoxy) is 1. The van der Waals surface area contributed by atoms with E-state index < -0.39 is 17.8 Å². The second-order valence-corrected chi connectivity index (χ2v) is 6.43. The standard InChI is InChI=1S/C19H12Cl2F3NO2/c20-12-6-7-14(15(21)9-12)18(26)17-16(27-13-4-2-1-3-5-13)8-11(10-25-17)19(22,23)24/h1-10,18,26H. The van der Waals surface area contributed by atoms with E-state index in [1.165, 1.54) is 18.2 Å². The van der Waals surface area contributed by atoms with E-state index in [1.807, 2.05) is 0 Å². The number of pyridine rings is 1. The first-order chi connectivity index (χ1) is 12.8. The number of aliphatic hydroxyl groups is 1. The fraction of sp³-hybridized carbons (Fsp3) is 0.105. The Labute approximate surface area is 163 Å². The van der Waals surface area contributed by atoms with Crippen LogP contribution in [0.2, 0.25) is 10.0 Å². The number of hydrogen-bond donors (Lipinski definition) is 1. The molecule has 8 heteroatoms. The number of aromatic nitrogens is 1. The van der Waals surface area contributed by atoms with E-state index in [0.717, 1.165) is 6.07 Å². The molecule has 1 unspecified atom stereocenters. The minimum absolute atomic E-state index is 0.101. The van der Waals surface area contributed by atoms with Gasteiger partial charge in [-0.05, 0) is 30.3 Å². The largest absolute Gasteiger partial charge is 0.455 e. The number of alkyl halides is 3. The number of rotatable bonds is 4. The highest BCUT2D eigenvalue weighted by Crippen LogP contribution is 2.38. The van der Waals surface area contributed by atoms with Gasteiger partial charge in [0.1, 0.15) is 17.5 Å². The van der Waals surface area contributed by atoms with Crippen LogP contribution in [0.3, 0.4) is 0 Å². The molecule has 1 aromatic heterocycles. The average Bonchev–Trinajstić information content (AvgIpc) is 2.61. The molecule has 1 heterocycles. The van der Waals surface area contributed by atoms with Crippen molar-refractivity contribution in [2.75, 3.05) is 0 Å². The Morgan fingerprint density at radius 1 is 1.00 bits per heavy atom. The Kier molecular flexibility index (Phi) is 5.60. The minimum Gasteiger partial charge on any atom is -0.455 e. The highest BCUT2D eigenvalue weighted by atomic mass is 35.5. The lowest BCUT2D eigenvalue weighted by Gasteiger charge is -2.18. The van der Waals surface area contributed by atoms with E-state index >= 15 is 0 Å². The number of hydrogen-bond acceptors (Lipinski definition) is 3. The lowest BCUT2D eigenvalue weighted by molar-refractivity contribution is -0.138. The van der Waals surface area contributed by atoms with E-state index in [2.05, 4.69) is 4.98 Å². The molecule has 3 nitrogen and oxygen atoms in total. The third kappa shape index (κ3) is 4.53. The molecular weight excluding hydrogens is 402 g/mol. The zero-order valence-electron chi connectivity index (χ0n) is 13.5. The van der Waals surface area contributed by atoms with Crippen LogP contribution in [0.1, 0.15) is 22.9 Å². The summed E-state index contributed by atoms with van der Waals surface area (Å²) in [6.07, 6.45) is -5.38. The molecular formula is C19H12Cl2F3NO2.